The first-order valence-corrected chi connectivity index (χ1v) is 6.21. The molecular weight excluding hydrogens is 243 g/mol. The minimum Gasteiger partial charge on any atom is -0.409 e. The summed E-state index contributed by atoms with van der Waals surface area (Å²) >= 11 is 1.67. The highest BCUT2D eigenvalue weighted by atomic mass is 32.2. The van der Waals surface area contributed by atoms with Gasteiger partial charge >= 0.3 is 0 Å². The van der Waals surface area contributed by atoms with Crippen LogP contribution in [0.4, 0.5) is 4.39 Å². The summed E-state index contributed by atoms with van der Waals surface area (Å²) in [6.45, 7) is 1.49. The number of hydrogen-bond acceptors (Lipinski definition) is 4. The molecule has 2 rings (SSSR count). The lowest BCUT2D eigenvalue weighted by atomic mass is 10.1. The second-order valence-corrected chi connectivity index (χ2v) is 5.05. The SMILES string of the molecule is NC(=NO)c1ccc(CSC2COC2)c(F)c1. The van der Waals surface area contributed by atoms with Crippen LogP contribution < -0.4 is 5.73 Å². The number of nitrogens with zero attached hydrogens (tertiary/aromatic N) is 1. The Kier molecular flexibility index (Phi) is 3.86. The number of halogens is 1. The molecule has 0 atom stereocenters. The first-order chi connectivity index (χ1) is 8.20. The molecule has 0 radical (unpaired) electrons. The Labute approximate surface area is 103 Å². The number of rotatable bonds is 4. The van der Waals surface area contributed by atoms with Crippen LogP contribution >= 0.6 is 11.8 Å². The van der Waals surface area contributed by atoms with Crippen LogP contribution in [0.1, 0.15) is 11.1 Å². The van der Waals surface area contributed by atoms with E-state index in [9.17, 15) is 4.39 Å². The average Bonchev–Trinajstić information content (AvgIpc) is 2.28. The highest BCUT2D eigenvalue weighted by Gasteiger charge is 2.19. The Morgan fingerprint density at radius 2 is 2.35 bits per heavy atom. The van der Waals surface area contributed by atoms with Gasteiger partial charge in [0.05, 0.1) is 18.5 Å². The van der Waals surface area contributed by atoms with E-state index in [-0.39, 0.29) is 11.7 Å². The van der Waals surface area contributed by atoms with Gasteiger partial charge in [-0.3, -0.25) is 0 Å². The monoisotopic (exact) mass is 256 g/mol. The van der Waals surface area contributed by atoms with Crippen LogP contribution in [0.3, 0.4) is 0 Å². The van der Waals surface area contributed by atoms with Crippen molar-refractivity contribution in [1.82, 2.24) is 0 Å². The zero-order valence-electron chi connectivity index (χ0n) is 9.10. The molecule has 1 aromatic rings. The van der Waals surface area contributed by atoms with Crippen LogP contribution in [0.5, 0.6) is 0 Å². The number of ether oxygens (including phenoxy) is 1. The third-order valence-corrected chi connectivity index (χ3v) is 3.76. The molecule has 1 aliphatic rings. The van der Waals surface area contributed by atoms with Gasteiger partial charge in [0.25, 0.3) is 0 Å². The standard InChI is InChI=1S/C11H13FN2O2S/c12-10-3-7(11(13)14-15)1-2-8(10)6-17-9-4-16-5-9/h1-3,9,15H,4-6H2,(H2,13,14). The van der Waals surface area contributed by atoms with Gasteiger partial charge in [-0.2, -0.15) is 0 Å². The molecule has 4 nitrogen and oxygen atoms in total. The topological polar surface area (TPSA) is 67.8 Å². The Morgan fingerprint density at radius 1 is 1.59 bits per heavy atom. The maximum atomic E-state index is 13.7. The zero-order chi connectivity index (χ0) is 12.3. The largest absolute Gasteiger partial charge is 0.409 e. The van der Waals surface area contributed by atoms with Gasteiger partial charge in [0.15, 0.2) is 5.84 Å². The molecule has 1 aromatic carbocycles. The molecule has 0 unspecified atom stereocenters. The van der Waals surface area contributed by atoms with Crippen LogP contribution in [0.2, 0.25) is 0 Å². The van der Waals surface area contributed by atoms with E-state index in [2.05, 4.69) is 5.16 Å². The molecule has 0 amide bonds. The summed E-state index contributed by atoms with van der Waals surface area (Å²) in [7, 11) is 0. The minimum atomic E-state index is -0.332. The molecule has 92 valence electrons. The van der Waals surface area contributed by atoms with Gasteiger partial charge in [-0.1, -0.05) is 17.3 Å². The van der Waals surface area contributed by atoms with Gasteiger partial charge in [0.2, 0.25) is 0 Å². The number of nitrogens with two attached hydrogens (primary N) is 1. The molecule has 6 heteroatoms. The molecule has 17 heavy (non-hydrogen) atoms. The predicted molar refractivity (Wildman–Crippen MR) is 64.8 cm³/mol. The van der Waals surface area contributed by atoms with Crippen molar-refractivity contribution in [3.8, 4) is 0 Å². The molecule has 0 saturated carbocycles. The molecule has 0 aliphatic carbocycles. The van der Waals surface area contributed by atoms with E-state index in [4.69, 9.17) is 15.7 Å². The van der Waals surface area contributed by atoms with Crippen molar-refractivity contribution in [2.45, 2.75) is 11.0 Å². The number of benzene rings is 1. The summed E-state index contributed by atoms with van der Waals surface area (Å²) in [6.07, 6.45) is 0. The van der Waals surface area contributed by atoms with Crippen molar-refractivity contribution in [3.05, 3.63) is 35.1 Å². The second kappa shape index (κ2) is 5.37. The molecule has 1 fully saturated rings. The fraction of sp³-hybridized carbons (Fsp3) is 0.364. The lowest BCUT2D eigenvalue weighted by Crippen LogP contribution is -2.30. The number of thioether (sulfide) groups is 1. The van der Waals surface area contributed by atoms with Crippen molar-refractivity contribution in [3.63, 3.8) is 0 Å². The Morgan fingerprint density at radius 3 is 2.88 bits per heavy atom. The summed E-state index contributed by atoms with van der Waals surface area (Å²) in [4.78, 5) is 0. The van der Waals surface area contributed by atoms with Crippen LogP contribution in [0, 0.1) is 5.82 Å². The quantitative estimate of drug-likeness (QED) is 0.371. The molecule has 3 N–H and O–H groups in total. The van der Waals surface area contributed by atoms with Gasteiger partial charge in [-0.05, 0) is 11.6 Å². The van der Waals surface area contributed by atoms with Crippen LogP contribution in [0.25, 0.3) is 0 Å². The van der Waals surface area contributed by atoms with Crippen molar-refractivity contribution in [2.75, 3.05) is 13.2 Å². The first-order valence-electron chi connectivity index (χ1n) is 5.16. The van der Waals surface area contributed by atoms with Gasteiger partial charge in [-0.25, -0.2) is 4.39 Å². The Bertz CT molecular complexity index is 435. The van der Waals surface area contributed by atoms with E-state index in [0.29, 0.717) is 22.1 Å². The van der Waals surface area contributed by atoms with E-state index in [1.165, 1.54) is 6.07 Å². The minimum absolute atomic E-state index is 0.0875. The van der Waals surface area contributed by atoms with Crippen molar-refractivity contribution in [1.29, 1.82) is 0 Å². The molecule has 0 spiro atoms. The van der Waals surface area contributed by atoms with Gasteiger partial charge < -0.3 is 15.7 Å². The summed E-state index contributed by atoms with van der Waals surface area (Å²) < 4.78 is 18.7. The van der Waals surface area contributed by atoms with Crippen LogP contribution in [-0.2, 0) is 10.5 Å². The van der Waals surface area contributed by atoms with Crippen LogP contribution in [-0.4, -0.2) is 29.5 Å². The van der Waals surface area contributed by atoms with Gasteiger partial charge in [0, 0.05) is 11.3 Å². The first kappa shape index (κ1) is 12.2. The summed E-state index contributed by atoms with van der Waals surface area (Å²) in [5.41, 5.74) is 6.38. The molecule has 0 bridgehead atoms. The number of amidine groups is 1. The normalized spacial score (nSPS) is 16.9. The Balaban J connectivity index is 2.03. The molecule has 1 aliphatic heterocycles. The maximum Gasteiger partial charge on any atom is 0.170 e. The number of oxime groups is 1. The predicted octanol–water partition coefficient (Wildman–Crippen LogP) is 1.55. The second-order valence-electron chi connectivity index (χ2n) is 3.76. The lowest BCUT2D eigenvalue weighted by molar-refractivity contribution is 0.0455. The zero-order valence-corrected chi connectivity index (χ0v) is 9.91. The summed E-state index contributed by atoms with van der Waals surface area (Å²) in [5.74, 6) is 0.188. The molecule has 1 heterocycles. The Hall–Kier alpha value is -1.27. The summed E-state index contributed by atoms with van der Waals surface area (Å²) in [6, 6.07) is 4.59. The van der Waals surface area contributed by atoms with E-state index in [0.717, 1.165) is 13.2 Å². The summed E-state index contributed by atoms with van der Waals surface area (Å²) in [5, 5.41) is 11.8. The van der Waals surface area contributed by atoms with Crippen molar-refractivity contribution in [2.24, 2.45) is 10.9 Å². The van der Waals surface area contributed by atoms with Gasteiger partial charge in [0.1, 0.15) is 5.82 Å². The lowest BCUT2D eigenvalue weighted by Gasteiger charge is -2.25. The van der Waals surface area contributed by atoms with E-state index in [1.807, 2.05) is 0 Å². The highest BCUT2D eigenvalue weighted by molar-refractivity contribution is 7.99. The van der Waals surface area contributed by atoms with E-state index in [1.54, 1.807) is 23.9 Å². The number of hydrogen-bond donors (Lipinski definition) is 2. The van der Waals surface area contributed by atoms with Crippen LogP contribution in [0.15, 0.2) is 23.4 Å². The smallest absolute Gasteiger partial charge is 0.170 e. The average molecular weight is 256 g/mol. The molecular formula is C11H13FN2O2S. The van der Waals surface area contributed by atoms with E-state index < -0.39 is 0 Å². The molecule has 1 saturated heterocycles. The van der Waals surface area contributed by atoms with E-state index >= 15 is 0 Å². The van der Waals surface area contributed by atoms with Crippen molar-refractivity contribution >= 4 is 17.6 Å². The third kappa shape index (κ3) is 2.89. The maximum absolute atomic E-state index is 13.7. The fourth-order valence-corrected chi connectivity index (χ4v) is 2.43. The molecule has 0 aromatic heterocycles. The van der Waals surface area contributed by atoms with Crippen molar-refractivity contribution < 1.29 is 14.3 Å². The fourth-order valence-electron chi connectivity index (χ4n) is 1.40. The third-order valence-electron chi connectivity index (χ3n) is 2.54. The van der Waals surface area contributed by atoms with Gasteiger partial charge in [-0.15, -0.1) is 11.8 Å². The highest BCUT2D eigenvalue weighted by Crippen LogP contribution is 2.24.